The standard InChI is InChI=1S/C19H32N2O5.C14H26N2O2/c1-5-25-16(23)13-15(22)20-11-8-19(9-12-20)7-6-10-21(14-19)17(24)26-18(2,3)4;1-13(2,3)18-12(17)16-10-4-5-14(11-16)6-8-15-9-7-14/h5-14H2,1-4H3;15H,4-11H2,1-3H3. The molecule has 4 rings (SSSR count). The van der Waals surface area contributed by atoms with E-state index in [0.717, 1.165) is 64.8 Å². The molecule has 11 heteroatoms. The number of rotatable bonds is 3. The molecule has 3 amide bonds. The van der Waals surface area contributed by atoms with Crippen LogP contribution in [-0.4, -0.2) is 109 Å². The minimum Gasteiger partial charge on any atom is -0.466 e. The predicted octanol–water partition coefficient (Wildman–Crippen LogP) is 4.97. The lowest BCUT2D eigenvalue weighted by Crippen LogP contribution is -2.52. The Morgan fingerprint density at radius 3 is 1.55 bits per heavy atom. The van der Waals surface area contributed by atoms with E-state index in [9.17, 15) is 19.2 Å². The van der Waals surface area contributed by atoms with Gasteiger partial charge in [0.2, 0.25) is 5.91 Å². The minimum atomic E-state index is -0.495. The van der Waals surface area contributed by atoms with Crippen LogP contribution in [0.2, 0.25) is 0 Å². The second-order valence-corrected chi connectivity index (χ2v) is 15.1. The second-order valence-electron chi connectivity index (χ2n) is 15.1. The molecule has 4 aliphatic heterocycles. The fraction of sp³-hybridized carbons (Fsp3) is 0.879. The molecule has 0 atom stereocenters. The van der Waals surface area contributed by atoms with Gasteiger partial charge in [-0.2, -0.15) is 0 Å². The first-order chi connectivity index (χ1) is 20.5. The van der Waals surface area contributed by atoms with Crippen molar-refractivity contribution in [2.24, 2.45) is 10.8 Å². The van der Waals surface area contributed by atoms with Gasteiger partial charge in [-0.3, -0.25) is 9.59 Å². The van der Waals surface area contributed by atoms with Crippen molar-refractivity contribution in [1.82, 2.24) is 20.0 Å². The van der Waals surface area contributed by atoms with Crippen LogP contribution in [0.25, 0.3) is 0 Å². The molecule has 0 aromatic rings. The minimum absolute atomic E-state index is 0.0515. The van der Waals surface area contributed by atoms with E-state index >= 15 is 0 Å². The zero-order valence-electron chi connectivity index (χ0n) is 28.4. The number of piperidine rings is 4. The molecular formula is C33H58N4O7. The van der Waals surface area contributed by atoms with Gasteiger partial charge in [-0.15, -0.1) is 0 Å². The van der Waals surface area contributed by atoms with Crippen LogP contribution in [0.4, 0.5) is 9.59 Å². The third-order valence-corrected chi connectivity index (χ3v) is 9.07. The van der Waals surface area contributed by atoms with E-state index in [2.05, 4.69) is 5.32 Å². The number of nitrogens with zero attached hydrogens (tertiary/aromatic N) is 3. The van der Waals surface area contributed by atoms with Crippen molar-refractivity contribution in [2.45, 2.75) is 117 Å². The second kappa shape index (κ2) is 15.1. The van der Waals surface area contributed by atoms with Crippen molar-refractivity contribution in [3.8, 4) is 0 Å². The first-order valence-electron chi connectivity index (χ1n) is 16.6. The average molecular weight is 623 g/mol. The molecule has 1 N–H and O–H groups in total. The molecule has 252 valence electrons. The van der Waals surface area contributed by atoms with Crippen LogP contribution in [0.15, 0.2) is 0 Å². The summed E-state index contributed by atoms with van der Waals surface area (Å²) in [5.41, 5.74) is -0.489. The maximum Gasteiger partial charge on any atom is 0.410 e. The highest BCUT2D eigenvalue weighted by Gasteiger charge is 2.42. The summed E-state index contributed by atoms with van der Waals surface area (Å²) in [6.07, 6.45) is 7.87. The number of amides is 3. The molecule has 0 saturated carbocycles. The van der Waals surface area contributed by atoms with Crippen molar-refractivity contribution in [2.75, 3.05) is 59.0 Å². The molecule has 4 saturated heterocycles. The van der Waals surface area contributed by atoms with E-state index in [4.69, 9.17) is 14.2 Å². The van der Waals surface area contributed by atoms with Gasteiger partial charge in [0.25, 0.3) is 0 Å². The van der Waals surface area contributed by atoms with Crippen LogP contribution < -0.4 is 5.32 Å². The van der Waals surface area contributed by atoms with E-state index in [1.807, 2.05) is 51.3 Å². The third kappa shape index (κ3) is 11.1. The molecule has 44 heavy (non-hydrogen) atoms. The molecule has 2 spiro atoms. The van der Waals surface area contributed by atoms with Crippen molar-refractivity contribution in [3.05, 3.63) is 0 Å². The molecule has 0 unspecified atom stereocenters. The Labute approximate surface area is 264 Å². The molecule has 4 fully saturated rings. The van der Waals surface area contributed by atoms with Crippen LogP contribution in [-0.2, 0) is 23.8 Å². The lowest BCUT2D eigenvalue weighted by molar-refractivity contribution is -0.149. The van der Waals surface area contributed by atoms with Crippen LogP contribution in [0, 0.1) is 10.8 Å². The van der Waals surface area contributed by atoms with Gasteiger partial charge < -0.3 is 34.2 Å². The highest BCUT2D eigenvalue weighted by Crippen LogP contribution is 2.40. The van der Waals surface area contributed by atoms with Gasteiger partial charge in [0.1, 0.15) is 17.6 Å². The fourth-order valence-corrected chi connectivity index (χ4v) is 6.83. The van der Waals surface area contributed by atoms with Crippen molar-refractivity contribution < 1.29 is 33.4 Å². The first kappa shape index (κ1) is 35.9. The van der Waals surface area contributed by atoms with Gasteiger partial charge in [0.15, 0.2) is 0 Å². The van der Waals surface area contributed by atoms with E-state index < -0.39 is 17.2 Å². The van der Waals surface area contributed by atoms with Gasteiger partial charge in [0.05, 0.1) is 6.61 Å². The topological polar surface area (TPSA) is 118 Å². The molecule has 0 aromatic heterocycles. The van der Waals surface area contributed by atoms with Crippen molar-refractivity contribution >= 4 is 24.1 Å². The summed E-state index contributed by atoms with van der Waals surface area (Å²) in [6.45, 7) is 20.0. The third-order valence-electron chi connectivity index (χ3n) is 9.07. The fourth-order valence-electron chi connectivity index (χ4n) is 6.83. The van der Waals surface area contributed by atoms with E-state index in [1.54, 1.807) is 11.8 Å². The molecule has 0 aliphatic carbocycles. The molecule has 11 nitrogen and oxygen atoms in total. The largest absolute Gasteiger partial charge is 0.466 e. The maximum atomic E-state index is 12.4. The quantitative estimate of drug-likeness (QED) is 0.267. The van der Waals surface area contributed by atoms with E-state index in [1.165, 1.54) is 19.3 Å². The summed E-state index contributed by atoms with van der Waals surface area (Å²) in [5.74, 6) is -0.635. The Morgan fingerprint density at radius 1 is 0.659 bits per heavy atom. The van der Waals surface area contributed by atoms with Gasteiger partial charge >= 0.3 is 18.2 Å². The first-order valence-corrected chi connectivity index (χ1v) is 16.6. The lowest BCUT2D eigenvalue weighted by Gasteiger charge is -2.47. The Balaban J connectivity index is 0.000000257. The number of nitrogens with one attached hydrogen (secondary N) is 1. The van der Waals surface area contributed by atoms with Gasteiger partial charge in [0, 0.05) is 39.3 Å². The summed E-state index contributed by atoms with van der Waals surface area (Å²) >= 11 is 0. The highest BCUT2D eigenvalue weighted by molar-refractivity contribution is 5.94. The zero-order chi connectivity index (χ0) is 32.6. The zero-order valence-corrected chi connectivity index (χ0v) is 28.4. The highest BCUT2D eigenvalue weighted by atomic mass is 16.6. The molecular weight excluding hydrogens is 564 g/mol. The van der Waals surface area contributed by atoms with E-state index in [0.29, 0.717) is 25.0 Å². The number of carbonyl (C=O) groups is 4. The summed E-state index contributed by atoms with van der Waals surface area (Å²) in [6, 6.07) is 0. The molecule has 0 aromatic carbocycles. The Bertz CT molecular complexity index is 984. The summed E-state index contributed by atoms with van der Waals surface area (Å²) < 4.78 is 15.8. The lowest BCUT2D eigenvalue weighted by atomic mass is 9.72. The molecule has 0 bridgehead atoms. The number of ether oxygens (including phenoxy) is 3. The Hall–Kier alpha value is -2.56. The van der Waals surface area contributed by atoms with Crippen LogP contribution in [0.5, 0.6) is 0 Å². The normalized spacial score (nSPS) is 21.7. The van der Waals surface area contributed by atoms with E-state index in [-0.39, 0.29) is 36.5 Å². The maximum absolute atomic E-state index is 12.4. The SMILES string of the molecule is CC(C)(C)OC(=O)N1CCCC2(CCNCC2)C1.CCOC(=O)CC(=O)N1CCC2(CCCN(C(=O)OC(C)(C)C)C2)CC1. The number of esters is 1. The van der Waals surface area contributed by atoms with Crippen LogP contribution in [0.1, 0.15) is 106 Å². The predicted molar refractivity (Wildman–Crippen MR) is 168 cm³/mol. The van der Waals surface area contributed by atoms with Crippen molar-refractivity contribution in [1.29, 1.82) is 0 Å². The van der Waals surface area contributed by atoms with Crippen LogP contribution >= 0.6 is 0 Å². The Morgan fingerprint density at radius 2 is 1.11 bits per heavy atom. The van der Waals surface area contributed by atoms with Crippen LogP contribution in [0.3, 0.4) is 0 Å². The summed E-state index contributed by atoms with van der Waals surface area (Å²) in [5, 5.41) is 3.40. The average Bonchev–Trinajstić information content (AvgIpc) is 2.92. The number of hydrogen-bond acceptors (Lipinski definition) is 8. The number of carbonyl (C=O) groups excluding carboxylic acids is 4. The van der Waals surface area contributed by atoms with Gasteiger partial charge in [-0.05, 0) is 124 Å². The molecule has 0 radical (unpaired) electrons. The summed E-state index contributed by atoms with van der Waals surface area (Å²) in [4.78, 5) is 53.7. The Kier molecular flexibility index (Phi) is 12.4. The smallest absolute Gasteiger partial charge is 0.410 e. The summed E-state index contributed by atoms with van der Waals surface area (Å²) in [7, 11) is 0. The van der Waals surface area contributed by atoms with Crippen molar-refractivity contribution in [3.63, 3.8) is 0 Å². The molecule has 4 heterocycles. The monoisotopic (exact) mass is 622 g/mol. The van der Waals surface area contributed by atoms with Gasteiger partial charge in [-0.1, -0.05) is 0 Å². The number of likely N-dealkylation sites (tertiary alicyclic amines) is 3. The number of hydrogen-bond donors (Lipinski definition) is 1. The van der Waals surface area contributed by atoms with Gasteiger partial charge in [-0.25, -0.2) is 9.59 Å². The molecule has 4 aliphatic rings.